The summed E-state index contributed by atoms with van der Waals surface area (Å²) in [4.78, 5) is 0. The van der Waals surface area contributed by atoms with Crippen LogP contribution in [-0.4, -0.2) is 50.2 Å². The Morgan fingerprint density at radius 2 is 1.72 bits per heavy atom. The van der Waals surface area contributed by atoms with Gasteiger partial charge in [0.05, 0.1) is 14.2 Å². The normalized spacial score (nSPS) is 11.8. The van der Waals surface area contributed by atoms with Gasteiger partial charge in [0.1, 0.15) is 24.2 Å². The minimum Gasteiger partial charge on any atom is -0.508 e. The first-order valence-corrected chi connectivity index (χ1v) is 8.14. The zero-order valence-electron chi connectivity index (χ0n) is 14.6. The first kappa shape index (κ1) is 18.9. The molecule has 136 valence electrons. The van der Waals surface area contributed by atoms with E-state index in [0.29, 0.717) is 23.8 Å². The van der Waals surface area contributed by atoms with Crippen molar-refractivity contribution in [2.24, 2.45) is 0 Å². The maximum atomic E-state index is 9.94. The molecule has 2 aromatic carbocycles. The number of aliphatic hydroxyl groups excluding tert-OH is 1. The van der Waals surface area contributed by atoms with Crippen molar-refractivity contribution in [3.8, 4) is 23.0 Å². The van der Waals surface area contributed by atoms with E-state index in [2.05, 4.69) is 5.32 Å². The highest BCUT2D eigenvalue weighted by Gasteiger charge is 2.07. The number of aliphatic hydroxyl groups is 1. The molecule has 6 nitrogen and oxygen atoms in total. The summed E-state index contributed by atoms with van der Waals surface area (Å²) in [5.41, 5.74) is 1.12. The van der Waals surface area contributed by atoms with Crippen LogP contribution in [0.1, 0.15) is 5.56 Å². The molecular formula is C19H25NO5. The largest absolute Gasteiger partial charge is 0.508 e. The molecule has 1 atom stereocenters. The topological polar surface area (TPSA) is 80.2 Å². The summed E-state index contributed by atoms with van der Waals surface area (Å²) < 4.78 is 16.0. The van der Waals surface area contributed by atoms with Crippen molar-refractivity contribution in [1.29, 1.82) is 0 Å². The monoisotopic (exact) mass is 347 g/mol. The molecule has 0 amide bonds. The molecule has 0 saturated heterocycles. The molecule has 25 heavy (non-hydrogen) atoms. The van der Waals surface area contributed by atoms with Crippen LogP contribution in [0.5, 0.6) is 23.0 Å². The van der Waals surface area contributed by atoms with E-state index >= 15 is 0 Å². The third kappa shape index (κ3) is 6.17. The number of nitrogens with one attached hydrogen (secondary N) is 1. The third-order valence-corrected chi connectivity index (χ3v) is 3.70. The van der Waals surface area contributed by atoms with E-state index in [-0.39, 0.29) is 12.4 Å². The molecule has 2 rings (SSSR count). The number of methoxy groups -OCH3 is 2. The van der Waals surface area contributed by atoms with Gasteiger partial charge < -0.3 is 29.7 Å². The number of ether oxygens (including phenoxy) is 3. The average Bonchev–Trinajstić information content (AvgIpc) is 2.64. The first-order valence-electron chi connectivity index (χ1n) is 8.14. The van der Waals surface area contributed by atoms with Gasteiger partial charge in [-0.15, -0.1) is 0 Å². The number of phenols is 1. The fourth-order valence-electron chi connectivity index (χ4n) is 2.33. The minimum absolute atomic E-state index is 0.185. The Balaban J connectivity index is 1.67. The summed E-state index contributed by atoms with van der Waals surface area (Å²) in [6.45, 7) is 1.35. The van der Waals surface area contributed by atoms with Crippen LogP contribution in [0.4, 0.5) is 0 Å². The van der Waals surface area contributed by atoms with Gasteiger partial charge in [0.15, 0.2) is 11.5 Å². The summed E-state index contributed by atoms with van der Waals surface area (Å²) >= 11 is 0. The third-order valence-electron chi connectivity index (χ3n) is 3.70. The van der Waals surface area contributed by atoms with Crippen LogP contribution < -0.4 is 19.5 Å². The minimum atomic E-state index is -0.612. The molecule has 0 aromatic heterocycles. The SMILES string of the molecule is COc1ccc(CCNC[C@H](O)COc2ccc(O)cc2)cc1OC. The Bertz CT molecular complexity index is 645. The second kappa shape index (κ2) is 9.76. The van der Waals surface area contributed by atoms with Gasteiger partial charge in [-0.3, -0.25) is 0 Å². The van der Waals surface area contributed by atoms with Crippen molar-refractivity contribution in [1.82, 2.24) is 5.32 Å². The Morgan fingerprint density at radius 3 is 2.40 bits per heavy atom. The van der Waals surface area contributed by atoms with Crippen LogP contribution in [0.3, 0.4) is 0 Å². The van der Waals surface area contributed by atoms with Gasteiger partial charge in [-0.25, -0.2) is 0 Å². The number of hydrogen-bond donors (Lipinski definition) is 3. The average molecular weight is 347 g/mol. The van der Waals surface area contributed by atoms with E-state index in [4.69, 9.17) is 14.2 Å². The molecule has 0 aliphatic carbocycles. The molecule has 0 unspecified atom stereocenters. The molecular weight excluding hydrogens is 322 g/mol. The van der Waals surface area contributed by atoms with Crippen molar-refractivity contribution < 1.29 is 24.4 Å². The van der Waals surface area contributed by atoms with Crippen LogP contribution in [0.15, 0.2) is 42.5 Å². The molecule has 0 radical (unpaired) electrons. The van der Waals surface area contributed by atoms with E-state index in [9.17, 15) is 10.2 Å². The Morgan fingerprint density at radius 1 is 1.00 bits per heavy atom. The molecule has 2 aromatic rings. The second-order valence-corrected chi connectivity index (χ2v) is 5.60. The van der Waals surface area contributed by atoms with Crippen LogP contribution in [-0.2, 0) is 6.42 Å². The predicted octanol–water partition coefficient (Wildman–Crippen LogP) is 1.98. The van der Waals surface area contributed by atoms with Crippen molar-refractivity contribution in [2.45, 2.75) is 12.5 Å². The Hall–Kier alpha value is -2.44. The number of aromatic hydroxyl groups is 1. The Kier molecular flexibility index (Phi) is 7.37. The zero-order valence-corrected chi connectivity index (χ0v) is 14.6. The summed E-state index contributed by atoms with van der Waals surface area (Å²) in [6, 6.07) is 12.2. The number of benzene rings is 2. The number of hydrogen-bond acceptors (Lipinski definition) is 6. The molecule has 0 aliphatic rings. The quantitative estimate of drug-likeness (QED) is 0.570. The van der Waals surface area contributed by atoms with Gasteiger partial charge in [0.2, 0.25) is 0 Å². The van der Waals surface area contributed by atoms with Crippen LogP contribution in [0.25, 0.3) is 0 Å². The number of rotatable bonds is 10. The first-order chi connectivity index (χ1) is 12.1. The van der Waals surface area contributed by atoms with E-state index in [1.165, 1.54) is 0 Å². The van der Waals surface area contributed by atoms with Gasteiger partial charge in [0, 0.05) is 6.54 Å². The van der Waals surface area contributed by atoms with Crippen molar-refractivity contribution in [2.75, 3.05) is 33.9 Å². The molecule has 0 saturated carbocycles. The Labute approximate surface area is 148 Å². The van der Waals surface area contributed by atoms with Gasteiger partial charge in [-0.2, -0.15) is 0 Å². The fraction of sp³-hybridized carbons (Fsp3) is 0.368. The van der Waals surface area contributed by atoms with Crippen molar-refractivity contribution >= 4 is 0 Å². The van der Waals surface area contributed by atoms with Gasteiger partial charge in [0.25, 0.3) is 0 Å². The lowest BCUT2D eigenvalue weighted by Gasteiger charge is -2.14. The second-order valence-electron chi connectivity index (χ2n) is 5.60. The van der Waals surface area contributed by atoms with Crippen molar-refractivity contribution in [3.63, 3.8) is 0 Å². The fourth-order valence-corrected chi connectivity index (χ4v) is 2.33. The molecule has 6 heteroatoms. The predicted molar refractivity (Wildman–Crippen MR) is 95.7 cm³/mol. The van der Waals surface area contributed by atoms with Gasteiger partial charge in [-0.1, -0.05) is 6.07 Å². The summed E-state index contributed by atoms with van der Waals surface area (Å²) in [6.07, 6.45) is 0.200. The van der Waals surface area contributed by atoms with Gasteiger partial charge in [-0.05, 0) is 54.9 Å². The molecule has 0 heterocycles. The highest BCUT2D eigenvalue weighted by molar-refractivity contribution is 5.42. The molecule has 0 fully saturated rings. The highest BCUT2D eigenvalue weighted by Crippen LogP contribution is 2.27. The molecule has 3 N–H and O–H groups in total. The van der Waals surface area contributed by atoms with Crippen LogP contribution >= 0.6 is 0 Å². The van der Waals surface area contributed by atoms with E-state index in [1.54, 1.807) is 38.5 Å². The lowest BCUT2D eigenvalue weighted by molar-refractivity contribution is 0.106. The molecule has 0 spiro atoms. The smallest absolute Gasteiger partial charge is 0.160 e. The standard InChI is InChI=1S/C19H25NO5/c1-23-18-8-3-14(11-19(18)24-2)9-10-20-12-16(22)13-25-17-6-4-15(21)5-7-17/h3-8,11,16,20-22H,9-10,12-13H2,1-2H3/t16-/m0/s1. The maximum Gasteiger partial charge on any atom is 0.160 e. The maximum absolute atomic E-state index is 9.94. The lowest BCUT2D eigenvalue weighted by atomic mass is 10.1. The molecule has 0 bridgehead atoms. The summed E-state index contributed by atoms with van der Waals surface area (Å²) in [5, 5.41) is 22.3. The van der Waals surface area contributed by atoms with Crippen LogP contribution in [0.2, 0.25) is 0 Å². The number of phenolic OH excluding ortho intramolecular Hbond substituents is 1. The van der Waals surface area contributed by atoms with E-state index in [1.807, 2.05) is 18.2 Å². The summed E-state index contributed by atoms with van der Waals surface area (Å²) in [5.74, 6) is 2.22. The zero-order chi connectivity index (χ0) is 18.1. The highest BCUT2D eigenvalue weighted by atomic mass is 16.5. The summed E-state index contributed by atoms with van der Waals surface area (Å²) in [7, 11) is 3.23. The van der Waals surface area contributed by atoms with Crippen molar-refractivity contribution in [3.05, 3.63) is 48.0 Å². The van der Waals surface area contributed by atoms with Crippen LogP contribution in [0, 0.1) is 0 Å². The lowest BCUT2D eigenvalue weighted by Crippen LogP contribution is -2.32. The van der Waals surface area contributed by atoms with E-state index in [0.717, 1.165) is 18.5 Å². The van der Waals surface area contributed by atoms with E-state index < -0.39 is 6.10 Å². The molecule has 0 aliphatic heterocycles. The van der Waals surface area contributed by atoms with Gasteiger partial charge >= 0.3 is 0 Å².